The predicted octanol–water partition coefficient (Wildman–Crippen LogP) is 36.7. The number of phenols is 3. The zero-order valence-electron chi connectivity index (χ0n) is 88.4. The number of hydrogen-bond acceptors (Lipinski definition) is 7. The van der Waals surface area contributed by atoms with E-state index in [1.54, 1.807) is 39.9 Å². The molecule has 0 unspecified atom stereocenters. The summed E-state index contributed by atoms with van der Waals surface area (Å²) in [5.74, 6) is 1.71. The van der Waals surface area contributed by atoms with E-state index in [-0.39, 0.29) is 22.3 Å². The van der Waals surface area contributed by atoms with E-state index in [0.717, 1.165) is 61.3 Å². The smallest absolute Gasteiger partial charge is 0.239 e. The normalized spacial score (nSPS) is 12.1. The van der Waals surface area contributed by atoms with Crippen LogP contribution in [-0.4, -0.2) is 76.9 Å². The number of rotatable bonds is 32. The van der Waals surface area contributed by atoms with Crippen LogP contribution in [0.3, 0.4) is 0 Å². The molecule has 758 valence electrons. The van der Waals surface area contributed by atoms with Gasteiger partial charge in [-0.25, -0.2) is 0 Å². The quantitative estimate of drug-likeness (QED) is 0.0245. The second kappa shape index (κ2) is 54.9. The van der Waals surface area contributed by atoms with Crippen LogP contribution in [0.5, 0.6) is 17.2 Å². The number of para-hydroxylation sites is 9. The zero-order valence-corrected chi connectivity index (χ0v) is 95.4. The molecule has 1 aliphatic rings. The van der Waals surface area contributed by atoms with Gasteiger partial charge in [0.25, 0.3) is 0 Å². The number of benzene rings is 13. The standard InChI is InChI=1S/C24H36OSi2.C24H38OSi2.C18H22OSi.2C18H24OSi.2C12H8O.3CH4/c1-7-26(8-2,9-3)21-17-13-15-19-20-16-14-18-22(24(20)25-23(19)21)27(10-4,11-5)12-6;1-7-26(8-2,9-3)21-16-13-15-20(19-21)22-17-14-18-23(24(22)25)27(10-4,11-5)12-6;1-4-20(5-2,6-3)17-13-9-11-15-14-10-7-8-12-16(14)19-18(15)17;1-4-20(5-2,6-3)16-11-9-10-15(14-16)17-12-7-8-13-18(17)19;1-4-20(5-2,6-3)17-14-10-13-16(18(17)19)15-11-8-7-9-12-15;1-3-7-11-9(5-1)10-6-2-4-8-12(10)13-11;13-12-9-5-4-8-11(12)10-6-2-1-3-7-10;;;/h13-18H,7-12H2,1-6H3;13-19,25H,7-12H2,1-6H3;7-13H,4-6H2,1-3H3;2*7-14,19H,4-6H2,1-3H3;1-8H;1-3,5-9H;3*1H4/p+1. The fourth-order valence-electron chi connectivity index (χ4n) is 22.9. The van der Waals surface area contributed by atoms with Crippen molar-refractivity contribution >= 4 is 164 Å². The molecule has 0 aliphatic heterocycles. The minimum atomic E-state index is -1.61. The van der Waals surface area contributed by atoms with Crippen molar-refractivity contribution in [1.82, 2.24) is 0 Å². The maximum atomic E-state index is 11.3. The van der Waals surface area contributed by atoms with Gasteiger partial charge >= 0.3 is 0 Å². The third kappa shape index (κ3) is 25.1. The lowest BCUT2D eigenvalue weighted by Gasteiger charge is -2.31. The van der Waals surface area contributed by atoms with E-state index in [2.05, 4.69) is 333 Å². The second-order valence-electron chi connectivity index (χ2n) is 38.5. The Labute approximate surface area is 869 Å². The zero-order chi connectivity index (χ0) is 101. The largest absolute Gasteiger partial charge is 0.507 e. The summed E-state index contributed by atoms with van der Waals surface area (Å²) < 4.78 is 18.7. The van der Waals surface area contributed by atoms with E-state index < -0.39 is 56.5 Å². The molecule has 7 nitrogen and oxygen atoms in total. The minimum Gasteiger partial charge on any atom is -0.507 e. The van der Waals surface area contributed by atoms with Gasteiger partial charge in [-0.2, -0.15) is 0 Å². The molecular formula is C129H173O7Si7+. The number of furan rings is 3. The first kappa shape index (κ1) is 117. The lowest BCUT2D eigenvalue weighted by atomic mass is 10.0. The Balaban J connectivity index is 0.000000206. The molecule has 3 heterocycles. The molecule has 13 aromatic carbocycles. The van der Waals surface area contributed by atoms with Crippen molar-refractivity contribution in [3.05, 3.63) is 333 Å². The molecule has 143 heavy (non-hydrogen) atoms. The molecule has 0 amide bonds. The van der Waals surface area contributed by atoms with Gasteiger partial charge in [-0.3, -0.25) is 0 Å². The van der Waals surface area contributed by atoms with Crippen molar-refractivity contribution < 1.29 is 33.7 Å². The Morgan fingerprint density at radius 3 is 0.846 bits per heavy atom. The van der Waals surface area contributed by atoms with Crippen molar-refractivity contribution in [2.24, 2.45) is 0 Å². The molecule has 17 rings (SSSR count). The molecule has 0 fully saturated rings. The van der Waals surface area contributed by atoms with Crippen molar-refractivity contribution in [3.8, 4) is 50.6 Å². The van der Waals surface area contributed by atoms with E-state index in [0.29, 0.717) is 23.0 Å². The van der Waals surface area contributed by atoms with Crippen LogP contribution >= 0.6 is 0 Å². The van der Waals surface area contributed by atoms with Crippen LogP contribution in [0.2, 0.25) is 127 Å². The van der Waals surface area contributed by atoms with Crippen molar-refractivity contribution in [2.75, 3.05) is 0 Å². The van der Waals surface area contributed by atoms with Crippen LogP contribution in [0.25, 0.3) is 105 Å². The van der Waals surface area contributed by atoms with Crippen LogP contribution in [0, 0.1) is 6.08 Å². The number of phenolic OH excluding ortho intramolecular Hbond substituents is 3. The monoisotopic (exact) mass is 2030 g/mol. The first-order valence-electron chi connectivity index (χ1n) is 53.1. The second-order valence-corrected chi connectivity index (χ2v) is 75.1. The first-order valence-corrected chi connectivity index (χ1v) is 71.5. The molecule has 0 saturated carbocycles. The Morgan fingerprint density at radius 1 is 0.224 bits per heavy atom. The van der Waals surface area contributed by atoms with Gasteiger partial charge in [-0.05, 0) is 79.0 Å². The summed E-state index contributed by atoms with van der Waals surface area (Å²) in [5, 5.41) is 59.4. The maximum Gasteiger partial charge on any atom is 0.239 e. The van der Waals surface area contributed by atoms with Gasteiger partial charge in [-0.15, -0.1) is 0 Å². The van der Waals surface area contributed by atoms with Crippen LogP contribution in [0.1, 0.15) is 173 Å². The Hall–Kier alpha value is -10.9. The summed E-state index contributed by atoms with van der Waals surface area (Å²) in [6.07, 6.45) is 8.06. The summed E-state index contributed by atoms with van der Waals surface area (Å²) in [4.78, 5) is 0. The predicted molar refractivity (Wildman–Crippen MR) is 653 cm³/mol. The molecule has 1 aliphatic carbocycles. The molecule has 14 heteroatoms. The topological polar surface area (TPSA) is 120 Å². The molecule has 4 N–H and O–H groups in total. The molecule has 0 spiro atoms. The van der Waals surface area contributed by atoms with E-state index in [1.807, 2.05) is 109 Å². The van der Waals surface area contributed by atoms with Gasteiger partial charge in [0, 0.05) is 60.6 Å². The number of aromatic hydroxyl groups is 3. The highest BCUT2D eigenvalue weighted by molar-refractivity contribution is 6.96. The van der Waals surface area contributed by atoms with Gasteiger partial charge in [0.05, 0.1) is 62.6 Å². The third-order valence-electron chi connectivity index (χ3n) is 33.8. The number of aliphatic hydroxyl groups excluding tert-OH is 1. The summed E-state index contributed by atoms with van der Waals surface area (Å²) in [5.41, 5.74) is 14.6. The maximum absolute atomic E-state index is 11.3. The minimum absolute atomic E-state index is 0. The van der Waals surface area contributed by atoms with Crippen LogP contribution in [0.15, 0.2) is 334 Å². The van der Waals surface area contributed by atoms with Gasteiger partial charge in [-0.1, -0.05) is 566 Å². The molecule has 0 bridgehead atoms. The SMILES string of the molecule is C.C.C.CC[Si](CC)(CC)c1cccc(-c2cccc([Si](CC)(CC)CC)c2O)c1.CC[Si](CC)(CC)c1cccc(-c2ccccc2)c1O.CC[Si](CC)(CC)c1cccc(-c2ccccc2O)c1.CC[Si](CC)(CC)c1cccc2c1oc1c([Si](CC)(CC)CC)cccc12.CC[Si](CC)(CC)c1cccc2c1oc1ccccc12.OC1=C(c2ccccc2)C=[C+]C=C1.c1ccc2c(c1)oc1ccccc12. The Morgan fingerprint density at radius 2 is 0.483 bits per heavy atom. The average Bonchev–Trinajstić information content (AvgIpc) is 1.58. The van der Waals surface area contributed by atoms with Gasteiger partial charge < -0.3 is 33.7 Å². The number of allylic oxidation sites excluding steroid dienone is 5. The van der Waals surface area contributed by atoms with Crippen LogP contribution < -0.4 is 36.3 Å². The van der Waals surface area contributed by atoms with Crippen molar-refractivity contribution in [2.45, 2.75) is 295 Å². The molecule has 0 atom stereocenters. The fraction of sp³-hybridized carbons (Fsp3) is 0.349. The summed E-state index contributed by atoms with van der Waals surface area (Å²) >= 11 is 0. The number of hydrogen-bond donors (Lipinski definition) is 4. The molecule has 3 aromatic heterocycles. The summed E-state index contributed by atoms with van der Waals surface area (Å²) in [6, 6.07) is 130. The molecule has 0 saturated heterocycles. The van der Waals surface area contributed by atoms with E-state index in [1.165, 1.54) is 197 Å². The van der Waals surface area contributed by atoms with E-state index in [4.69, 9.17) is 13.3 Å². The Kier molecular flexibility index (Phi) is 45.0. The Bertz CT molecular complexity index is 6540. The number of aliphatic hydroxyl groups is 1. The summed E-state index contributed by atoms with van der Waals surface area (Å²) in [7, 11) is -10.3. The molecule has 0 radical (unpaired) electrons. The van der Waals surface area contributed by atoms with Crippen molar-refractivity contribution in [3.63, 3.8) is 0 Å². The van der Waals surface area contributed by atoms with Crippen molar-refractivity contribution in [1.29, 1.82) is 0 Å². The lowest BCUT2D eigenvalue weighted by molar-refractivity contribution is 0.435. The van der Waals surface area contributed by atoms with Gasteiger partial charge in [0.15, 0.2) is 0 Å². The lowest BCUT2D eigenvalue weighted by Crippen LogP contribution is -2.46. The highest BCUT2D eigenvalue weighted by atomic mass is 28.3. The fourth-order valence-corrected chi connectivity index (χ4v) is 48.9. The van der Waals surface area contributed by atoms with E-state index >= 15 is 0 Å². The summed E-state index contributed by atoms with van der Waals surface area (Å²) in [6.45, 7) is 49.1. The molecular weight excluding hydrogens is 1860 g/mol. The van der Waals surface area contributed by atoms with E-state index in [9.17, 15) is 20.4 Å². The van der Waals surface area contributed by atoms with Crippen LogP contribution in [-0.2, 0) is 0 Å². The first-order chi connectivity index (χ1) is 68.0. The molecule has 16 aromatic rings. The van der Waals surface area contributed by atoms with Gasteiger partial charge in [0.2, 0.25) is 5.76 Å². The highest BCUT2D eigenvalue weighted by Crippen LogP contribution is 2.40. The van der Waals surface area contributed by atoms with Gasteiger partial charge in [0.1, 0.15) is 68.5 Å². The highest BCUT2D eigenvalue weighted by Gasteiger charge is 2.39. The number of fused-ring (bicyclic) bond motifs is 9. The average molecular weight is 2030 g/mol. The third-order valence-corrected chi connectivity index (χ3v) is 73.0. The van der Waals surface area contributed by atoms with Crippen LogP contribution in [0.4, 0.5) is 0 Å².